The number of aromatic hydroxyl groups is 1. The summed E-state index contributed by atoms with van der Waals surface area (Å²) < 4.78 is 0. The van der Waals surface area contributed by atoms with E-state index in [0.29, 0.717) is 11.8 Å². The van der Waals surface area contributed by atoms with Crippen LogP contribution in [0.2, 0.25) is 0 Å². The van der Waals surface area contributed by atoms with Gasteiger partial charge in [0, 0.05) is 37.8 Å². The van der Waals surface area contributed by atoms with Crippen molar-refractivity contribution in [1.29, 1.82) is 0 Å². The molecule has 1 aromatic rings. The van der Waals surface area contributed by atoms with Gasteiger partial charge in [0.1, 0.15) is 5.75 Å². The Morgan fingerprint density at radius 2 is 2.06 bits per heavy atom. The predicted molar refractivity (Wildman–Crippen MR) is 70.3 cm³/mol. The Morgan fingerprint density at radius 3 is 2.71 bits per heavy atom. The van der Waals surface area contributed by atoms with Crippen LogP contribution in [-0.2, 0) is 0 Å². The molecule has 1 saturated heterocycles. The average molecular weight is 234 g/mol. The van der Waals surface area contributed by atoms with Gasteiger partial charge in [-0.05, 0) is 19.4 Å². The van der Waals surface area contributed by atoms with E-state index in [1.807, 2.05) is 12.1 Å². The minimum atomic E-state index is 0.344. The summed E-state index contributed by atoms with van der Waals surface area (Å²) in [5, 5.41) is 13.4. The summed E-state index contributed by atoms with van der Waals surface area (Å²) >= 11 is 0. The summed E-state index contributed by atoms with van der Waals surface area (Å²) in [6, 6.07) is 6.24. The zero-order chi connectivity index (χ0) is 12.3. The normalized spacial score (nSPS) is 19.2. The van der Waals surface area contributed by atoms with Crippen LogP contribution in [0.15, 0.2) is 18.2 Å². The molecule has 0 aliphatic carbocycles. The van der Waals surface area contributed by atoms with Crippen molar-refractivity contribution in [2.24, 2.45) is 0 Å². The van der Waals surface area contributed by atoms with E-state index in [-0.39, 0.29) is 0 Å². The molecule has 0 aromatic heterocycles. The number of rotatable bonds is 3. The number of phenols is 1. The molecule has 1 aromatic carbocycles. The molecule has 0 unspecified atom stereocenters. The summed E-state index contributed by atoms with van der Waals surface area (Å²) in [5.74, 6) is 0.431. The third-order valence-corrected chi connectivity index (χ3v) is 3.52. The molecule has 1 aliphatic rings. The number of phenolic OH excluding ortho intramolecular Hbond substituents is 1. The Labute approximate surface area is 103 Å². The minimum Gasteiger partial charge on any atom is -0.508 e. The monoisotopic (exact) mass is 234 g/mol. The van der Waals surface area contributed by atoms with Gasteiger partial charge >= 0.3 is 0 Å². The fraction of sp³-hybridized carbons (Fsp3) is 0.571. The number of hydrogen-bond donors (Lipinski definition) is 2. The van der Waals surface area contributed by atoms with Gasteiger partial charge in [0.05, 0.1) is 0 Å². The van der Waals surface area contributed by atoms with Gasteiger partial charge in [-0.1, -0.05) is 24.6 Å². The topological polar surface area (TPSA) is 35.5 Å². The van der Waals surface area contributed by atoms with Crippen LogP contribution >= 0.6 is 0 Å². The Bertz CT molecular complexity index is 372. The van der Waals surface area contributed by atoms with Crippen molar-refractivity contribution >= 4 is 0 Å². The zero-order valence-electron chi connectivity index (χ0n) is 10.7. The number of nitrogens with zero attached hydrogens (tertiary/aromatic N) is 1. The Balaban J connectivity index is 2.24. The summed E-state index contributed by atoms with van der Waals surface area (Å²) in [6.45, 7) is 8.48. The molecule has 1 atom stereocenters. The maximum atomic E-state index is 10.0. The highest BCUT2D eigenvalue weighted by Crippen LogP contribution is 2.31. The second-order valence-corrected chi connectivity index (χ2v) is 4.77. The van der Waals surface area contributed by atoms with Gasteiger partial charge in [0.2, 0.25) is 0 Å². The average Bonchev–Trinajstić information content (AvgIpc) is 2.36. The van der Waals surface area contributed by atoms with Crippen LogP contribution < -0.4 is 5.32 Å². The van der Waals surface area contributed by atoms with Gasteiger partial charge in [-0.15, -0.1) is 0 Å². The third-order valence-electron chi connectivity index (χ3n) is 3.52. The molecule has 2 N–H and O–H groups in total. The molecular formula is C14H22N2O. The molecule has 1 heterocycles. The zero-order valence-corrected chi connectivity index (χ0v) is 10.7. The number of piperazine rings is 1. The second-order valence-electron chi connectivity index (χ2n) is 4.77. The predicted octanol–water partition coefficient (Wildman–Crippen LogP) is 2.06. The molecule has 0 amide bonds. The van der Waals surface area contributed by atoms with Crippen LogP contribution in [0.4, 0.5) is 0 Å². The quantitative estimate of drug-likeness (QED) is 0.840. The van der Waals surface area contributed by atoms with E-state index in [1.165, 1.54) is 5.56 Å². The van der Waals surface area contributed by atoms with Gasteiger partial charge in [-0.3, -0.25) is 4.90 Å². The Kier molecular flexibility index (Phi) is 4.02. The lowest BCUT2D eigenvalue weighted by molar-refractivity contribution is 0.167. The fourth-order valence-corrected chi connectivity index (χ4v) is 2.61. The third kappa shape index (κ3) is 2.79. The molecule has 0 radical (unpaired) electrons. The lowest BCUT2D eigenvalue weighted by Gasteiger charge is -2.35. The molecule has 3 heteroatoms. The fourth-order valence-electron chi connectivity index (χ4n) is 2.61. The van der Waals surface area contributed by atoms with Gasteiger partial charge in [-0.2, -0.15) is 0 Å². The van der Waals surface area contributed by atoms with Crippen molar-refractivity contribution in [3.8, 4) is 5.75 Å². The molecular weight excluding hydrogens is 212 g/mol. The highest BCUT2D eigenvalue weighted by Gasteiger charge is 2.22. The molecule has 0 saturated carbocycles. The van der Waals surface area contributed by atoms with E-state index < -0.39 is 0 Å². The van der Waals surface area contributed by atoms with E-state index >= 15 is 0 Å². The van der Waals surface area contributed by atoms with E-state index in [1.54, 1.807) is 0 Å². The van der Waals surface area contributed by atoms with Crippen molar-refractivity contribution in [1.82, 2.24) is 10.2 Å². The van der Waals surface area contributed by atoms with Gasteiger partial charge in [0.25, 0.3) is 0 Å². The Hall–Kier alpha value is -1.06. The highest BCUT2D eigenvalue weighted by molar-refractivity contribution is 5.38. The van der Waals surface area contributed by atoms with Crippen LogP contribution in [0, 0.1) is 6.92 Å². The highest BCUT2D eigenvalue weighted by atomic mass is 16.3. The van der Waals surface area contributed by atoms with E-state index in [4.69, 9.17) is 0 Å². The first kappa shape index (κ1) is 12.4. The summed E-state index contributed by atoms with van der Waals surface area (Å²) in [5.41, 5.74) is 2.29. The van der Waals surface area contributed by atoms with Crippen molar-refractivity contribution < 1.29 is 5.11 Å². The largest absolute Gasteiger partial charge is 0.508 e. The van der Waals surface area contributed by atoms with Crippen molar-refractivity contribution in [3.63, 3.8) is 0 Å². The number of aryl methyl sites for hydroxylation is 1. The van der Waals surface area contributed by atoms with Crippen LogP contribution in [0.5, 0.6) is 5.75 Å². The van der Waals surface area contributed by atoms with Crippen LogP contribution in [0.1, 0.15) is 30.5 Å². The standard InChI is InChI=1S/C14H22N2O/c1-3-13(16-8-6-15-7-9-16)12-10-11(2)4-5-14(12)17/h4-5,10,13,15,17H,3,6-9H2,1-2H3/t13-/m1/s1. The molecule has 1 fully saturated rings. The van der Waals surface area contributed by atoms with Gasteiger partial charge in [0.15, 0.2) is 0 Å². The molecule has 94 valence electrons. The molecule has 2 rings (SSSR count). The van der Waals surface area contributed by atoms with Crippen LogP contribution in [0.25, 0.3) is 0 Å². The van der Waals surface area contributed by atoms with Crippen LogP contribution in [0.3, 0.4) is 0 Å². The summed E-state index contributed by atoms with van der Waals surface area (Å²) in [4.78, 5) is 2.46. The summed E-state index contributed by atoms with van der Waals surface area (Å²) in [6.07, 6.45) is 1.04. The second kappa shape index (κ2) is 5.52. The first-order valence-electron chi connectivity index (χ1n) is 6.46. The molecule has 1 aliphatic heterocycles. The Morgan fingerprint density at radius 1 is 1.35 bits per heavy atom. The number of hydrogen-bond acceptors (Lipinski definition) is 3. The maximum absolute atomic E-state index is 10.0. The molecule has 0 bridgehead atoms. The smallest absolute Gasteiger partial charge is 0.120 e. The minimum absolute atomic E-state index is 0.344. The van der Waals surface area contributed by atoms with Crippen molar-refractivity contribution in [2.75, 3.05) is 26.2 Å². The number of nitrogens with one attached hydrogen (secondary N) is 1. The maximum Gasteiger partial charge on any atom is 0.120 e. The lowest BCUT2D eigenvalue weighted by atomic mass is 9.99. The molecule has 17 heavy (non-hydrogen) atoms. The first-order chi connectivity index (χ1) is 8.22. The van der Waals surface area contributed by atoms with E-state index in [2.05, 4.69) is 30.1 Å². The summed E-state index contributed by atoms with van der Waals surface area (Å²) in [7, 11) is 0. The molecule has 0 spiro atoms. The lowest BCUT2D eigenvalue weighted by Crippen LogP contribution is -2.45. The SMILES string of the molecule is CC[C@H](c1cc(C)ccc1O)N1CCNCC1. The van der Waals surface area contributed by atoms with Crippen molar-refractivity contribution in [2.45, 2.75) is 26.3 Å². The van der Waals surface area contributed by atoms with Crippen molar-refractivity contribution in [3.05, 3.63) is 29.3 Å². The molecule has 3 nitrogen and oxygen atoms in total. The van der Waals surface area contributed by atoms with Crippen LogP contribution in [-0.4, -0.2) is 36.2 Å². The van der Waals surface area contributed by atoms with E-state index in [0.717, 1.165) is 38.2 Å². The van der Waals surface area contributed by atoms with Gasteiger partial charge in [-0.25, -0.2) is 0 Å². The van der Waals surface area contributed by atoms with E-state index in [9.17, 15) is 5.11 Å². The van der Waals surface area contributed by atoms with Gasteiger partial charge < -0.3 is 10.4 Å². The number of benzene rings is 1. The first-order valence-corrected chi connectivity index (χ1v) is 6.46.